The number of carbonyl (C=O) groups is 1. The van der Waals surface area contributed by atoms with Gasteiger partial charge in [-0.05, 0) is 11.4 Å². The second-order valence-electron chi connectivity index (χ2n) is 4.93. The summed E-state index contributed by atoms with van der Waals surface area (Å²) in [5.74, 6) is 0.608. The highest BCUT2D eigenvalue weighted by atomic mass is 32.1. The van der Waals surface area contributed by atoms with Gasteiger partial charge in [-0.25, -0.2) is 9.97 Å². The monoisotopic (exact) mass is 290 g/mol. The van der Waals surface area contributed by atoms with Crippen molar-refractivity contribution in [3.05, 3.63) is 40.1 Å². The second kappa shape index (κ2) is 6.00. The molecule has 0 bridgehead atoms. The van der Waals surface area contributed by atoms with Crippen molar-refractivity contribution < 1.29 is 4.79 Å². The number of nitrogen functional groups attached to an aromatic ring is 1. The van der Waals surface area contributed by atoms with Crippen molar-refractivity contribution in [2.75, 3.05) is 12.8 Å². The van der Waals surface area contributed by atoms with Gasteiger partial charge in [0.05, 0.1) is 18.4 Å². The molecule has 0 atom stereocenters. The van der Waals surface area contributed by atoms with E-state index in [1.807, 2.05) is 31.4 Å². The van der Waals surface area contributed by atoms with Crippen molar-refractivity contribution in [2.45, 2.75) is 26.3 Å². The fourth-order valence-corrected chi connectivity index (χ4v) is 2.50. The molecule has 0 aliphatic rings. The molecule has 0 fully saturated rings. The van der Waals surface area contributed by atoms with E-state index in [0.29, 0.717) is 18.1 Å². The van der Waals surface area contributed by atoms with Gasteiger partial charge in [-0.1, -0.05) is 19.9 Å². The molecule has 5 nitrogen and oxygen atoms in total. The zero-order valence-electron chi connectivity index (χ0n) is 11.8. The van der Waals surface area contributed by atoms with Gasteiger partial charge >= 0.3 is 0 Å². The van der Waals surface area contributed by atoms with E-state index in [-0.39, 0.29) is 17.5 Å². The normalized spacial score (nSPS) is 10.8. The van der Waals surface area contributed by atoms with Crippen LogP contribution in [0.5, 0.6) is 0 Å². The first-order valence-corrected chi connectivity index (χ1v) is 7.27. The van der Waals surface area contributed by atoms with E-state index in [0.717, 1.165) is 4.88 Å². The first-order valence-electron chi connectivity index (χ1n) is 6.39. The average Bonchev–Trinajstić information content (AvgIpc) is 2.91. The van der Waals surface area contributed by atoms with E-state index in [2.05, 4.69) is 9.97 Å². The first kappa shape index (κ1) is 14.5. The van der Waals surface area contributed by atoms with E-state index >= 15 is 0 Å². The van der Waals surface area contributed by atoms with Crippen molar-refractivity contribution in [1.82, 2.24) is 14.9 Å². The van der Waals surface area contributed by atoms with E-state index < -0.39 is 0 Å². The number of anilines is 1. The Balaban J connectivity index is 2.21. The molecule has 0 aliphatic heterocycles. The molecule has 106 valence electrons. The van der Waals surface area contributed by atoms with Crippen LogP contribution in [0.1, 0.15) is 41.0 Å². The van der Waals surface area contributed by atoms with Gasteiger partial charge in [0.2, 0.25) is 0 Å². The van der Waals surface area contributed by atoms with Crippen LogP contribution in [-0.2, 0) is 6.54 Å². The third-order valence-electron chi connectivity index (χ3n) is 2.87. The summed E-state index contributed by atoms with van der Waals surface area (Å²) in [6.45, 7) is 4.52. The molecular formula is C14H18N4OS. The van der Waals surface area contributed by atoms with Crippen LogP contribution in [0.4, 0.5) is 5.69 Å². The SMILES string of the molecule is CC(C)c1ncc(N)c(C(=O)N(C)Cc2cccs2)n1. The summed E-state index contributed by atoms with van der Waals surface area (Å²) in [6, 6.07) is 3.96. The lowest BCUT2D eigenvalue weighted by Gasteiger charge is -2.17. The number of amides is 1. The lowest BCUT2D eigenvalue weighted by molar-refractivity contribution is 0.0781. The smallest absolute Gasteiger partial charge is 0.274 e. The van der Waals surface area contributed by atoms with Gasteiger partial charge < -0.3 is 10.6 Å². The van der Waals surface area contributed by atoms with E-state index in [9.17, 15) is 4.79 Å². The van der Waals surface area contributed by atoms with E-state index in [4.69, 9.17) is 5.73 Å². The molecule has 20 heavy (non-hydrogen) atoms. The lowest BCUT2D eigenvalue weighted by Crippen LogP contribution is -2.28. The van der Waals surface area contributed by atoms with Crippen LogP contribution in [0.2, 0.25) is 0 Å². The highest BCUT2D eigenvalue weighted by Crippen LogP contribution is 2.17. The standard InChI is InChI=1S/C14H18N4OS/c1-9(2)13-16-7-11(15)12(17-13)14(19)18(3)8-10-5-4-6-20-10/h4-7,9H,8,15H2,1-3H3. The summed E-state index contributed by atoms with van der Waals surface area (Å²) in [5, 5.41) is 1.99. The van der Waals surface area contributed by atoms with E-state index in [1.165, 1.54) is 6.20 Å². The lowest BCUT2D eigenvalue weighted by atomic mass is 10.2. The van der Waals surface area contributed by atoms with Crippen LogP contribution in [0, 0.1) is 0 Å². The van der Waals surface area contributed by atoms with Crippen LogP contribution in [-0.4, -0.2) is 27.8 Å². The fourth-order valence-electron chi connectivity index (χ4n) is 1.74. The number of rotatable bonds is 4. The summed E-state index contributed by atoms with van der Waals surface area (Å²) < 4.78 is 0. The highest BCUT2D eigenvalue weighted by Gasteiger charge is 2.19. The molecule has 6 heteroatoms. The molecular weight excluding hydrogens is 272 g/mol. The Morgan fingerprint density at radius 2 is 2.25 bits per heavy atom. The van der Waals surface area contributed by atoms with E-state index in [1.54, 1.807) is 23.3 Å². The third-order valence-corrected chi connectivity index (χ3v) is 3.74. The van der Waals surface area contributed by atoms with Crippen molar-refractivity contribution in [3.8, 4) is 0 Å². The van der Waals surface area contributed by atoms with Crippen molar-refractivity contribution in [1.29, 1.82) is 0 Å². The number of nitrogens with two attached hydrogens (primary N) is 1. The molecule has 0 aliphatic carbocycles. The van der Waals surface area contributed by atoms with Crippen LogP contribution in [0.3, 0.4) is 0 Å². The Morgan fingerprint density at radius 1 is 1.50 bits per heavy atom. The number of thiophene rings is 1. The summed E-state index contributed by atoms with van der Waals surface area (Å²) in [5.41, 5.74) is 6.43. The Kier molecular flexibility index (Phi) is 4.34. The van der Waals surface area contributed by atoms with Gasteiger partial charge in [0.25, 0.3) is 5.91 Å². The van der Waals surface area contributed by atoms with Gasteiger partial charge in [-0.15, -0.1) is 11.3 Å². The Bertz CT molecular complexity index is 595. The molecule has 1 amide bonds. The van der Waals surface area contributed by atoms with Gasteiger partial charge in [0.15, 0.2) is 5.69 Å². The average molecular weight is 290 g/mol. The van der Waals surface area contributed by atoms with Gasteiger partial charge in [0, 0.05) is 17.8 Å². The minimum absolute atomic E-state index is 0.157. The minimum Gasteiger partial charge on any atom is -0.396 e. The van der Waals surface area contributed by atoms with Gasteiger partial charge in [-0.2, -0.15) is 0 Å². The van der Waals surface area contributed by atoms with Crippen molar-refractivity contribution in [3.63, 3.8) is 0 Å². The molecule has 0 unspecified atom stereocenters. The predicted octanol–water partition coefficient (Wildman–Crippen LogP) is 2.52. The molecule has 0 saturated heterocycles. The molecule has 2 heterocycles. The summed E-state index contributed by atoms with van der Waals surface area (Å²) in [4.78, 5) is 23.6. The number of hydrogen-bond acceptors (Lipinski definition) is 5. The largest absolute Gasteiger partial charge is 0.396 e. The topological polar surface area (TPSA) is 72.1 Å². The quantitative estimate of drug-likeness (QED) is 0.939. The van der Waals surface area contributed by atoms with Crippen molar-refractivity contribution in [2.24, 2.45) is 0 Å². The Morgan fingerprint density at radius 3 is 2.85 bits per heavy atom. The predicted molar refractivity (Wildman–Crippen MR) is 80.6 cm³/mol. The molecule has 2 N–H and O–H groups in total. The van der Waals surface area contributed by atoms with Crippen LogP contribution >= 0.6 is 11.3 Å². The zero-order valence-corrected chi connectivity index (χ0v) is 12.6. The third kappa shape index (κ3) is 3.14. The molecule has 0 spiro atoms. The van der Waals surface area contributed by atoms with Gasteiger partial charge in [0.1, 0.15) is 5.82 Å². The maximum Gasteiger partial charge on any atom is 0.274 e. The molecule has 0 aromatic carbocycles. The molecule has 0 radical (unpaired) electrons. The van der Waals surface area contributed by atoms with Crippen LogP contribution in [0.15, 0.2) is 23.7 Å². The first-order chi connectivity index (χ1) is 9.49. The van der Waals surface area contributed by atoms with Gasteiger partial charge in [-0.3, -0.25) is 4.79 Å². The number of aromatic nitrogens is 2. The fraction of sp³-hybridized carbons (Fsp3) is 0.357. The summed E-state index contributed by atoms with van der Waals surface area (Å²) >= 11 is 1.62. The number of carbonyl (C=O) groups excluding carboxylic acids is 1. The molecule has 2 aromatic rings. The number of hydrogen-bond donors (Lipinski definition) is 1. The minimum atomic E-state index is -0.180. The highest BCUT2D eigenvalue weighted by molar-refractivity contribution is 7.09. The summed E-state index contributed by atoms with van der Waals surface area (Å²) in [6.07, 6.45) is 1.51. The Hall–Kier alpha value is -1.95. The maximum atomic E-state index is 12.4. The zero-order chi connectivity index (χ0) is 14.7. The molecule has 2 aromatic heterocycles. The Labute approximate surface area is 122 Å². The second-order valence-corrected chi connectivity index (χ2v) is 5.96. The van der Waals surface area contributed by atoms with Crippen LogP contribution < -0.4 is 5.73 Å². The maximum absolute atomic E-state index is 12.4. The summed E-state index contributed by atoms with van der Waals surface area (Å²) in [7, 11) is 1.75. The van der Waals surface area contributed by atoms with Crippen molar-refractivity contribution >= 4 is 22.9 Å². The molecule has 2 rings (SSSR count). The molecule has 0 saturated carbocycles. The number of nitrogens with zero attached hydrogens (tertiary/aromatic N) is 3. The van der Waals surface area contributed by atoms with Crippen LogP contribution in [0.25, 0.3) is 0 Å².